The number of imidazole rings is 1. The van der Waals surface area contributed by atoms with Crippen molar-refractivity contribution >= 4 is 5.97 Å². The number of rotatable bonds is 6. The predicted molar refractivity (Wildman–Crippen MR) is 92.4 cm³/mol. The van der Waals surface area contributed by atoms with E-state index in [4.69, 9.17) is 10.8 Å². The fourth-order valence-electron chi connectivity index (χ4n) is 2.61. The summed E-state index contributed by atoms with van der Waals surface area (Å²) in [5.41, 5.74) is 9.90. The molecule has 0 aliphatic heterocycles. The van der Waals surface area contributed by atoms with Gasteiger partial charge in [-0.3, -0.25) is 4.79 Å². The number of aliphatic carboxylic acids is 1. The number of hydrogen-bond acceptors (Lipinski definition) is 3. The molecular formula is C19H19N3O2. The van der Waals surface area contributed by atoms with Gasteiger partial charge in [-0.2, -0.15) is 0 Å². The molecule has 5 nitrogen and oxygen atoms in total. The van der Waals surface area contributed by atoms with Crippen molar-refractivity contribution in [2.75, 3.05) is 0 Å². The molecular weight excluding hydrogens is 302 g/mol. The summed E-state index contributed by atoms with van der Waals surface area (Å²) in [6.07, 6.45) is 2.56. The van der Waals surface area contributed by atoms with Gasteiger partial charge in [-0.15, -0.1) is 0 Å². The summed E-state index contributed by atoms with van der Waals surface area (Å²) in [7, 11) is 0. The molecule has 3 aromatic rings. The Balaban J connectivity index is 1.71. The molecule has 0 aliphatic rings. The Hall–Kier alpha value is -2.92. The van der Waals surface area contributed by atoms with Crippen molar-refractivity contribution in [3.05, 3.63) is 77.7 Å². The van der Waals surface area contributed by atoms with Gasteiger partial charge < -0.3 is 15.8 Å². The molecule has 0 bridgehead atoms. The maximum atomic E-state index is 10.7. The Morgan fingerprint density at radius 3 is 2.46 bits per heavy atom. The third kappa shape index (κ3) is 3.88. The van der Waals surface area contributed by atoms with Crippen LogP contribution in [0.1, 0.15) is 23.0 Å². The molecule has 0 fully saturated rings. The lowest BCUT2D eigenvalue weighted by Crippen LogP contribution is -2.14. The molecule has 0 radical (unpaired) electrons. The smallest absolute Gasteiger partial charge is 0.307 e. The average Bonchev–Trinajstić information content (AvgIpc) is 3.06. The molecule has 0 saturated carbocycles. The number of hydrogen-bond donors (Lipinski definition) is 3. The van der Waals surface area contributed by atoms with Gasteiger partial charge in [0.25, 0.3) is 0 Å². The number of aromatic nitrogens is 2. The Labute approximate surface area is 140 Å². The van der Waals surface area contributed by atoms with E-state index >= 15 is 0 Å². The molecule has 0 aliphatic carbocycles. The van der Waals surface area contributed by atoms with E-state index in [0.29, 0.717) is 6.42 Å². The van der Waals surface area contributed by atoms with Gasteiger partial charge in [-0.25, -0.2) is 4.98 Å². The highest BCUT2D eigenvalue weighted by molar-refractivity contribution is 5.70. The van der Waals surface area contributed by atoms with Crippen LogP contribution in [0.2, 0.25) is 0 Å². The normalized spacial score (nSPS) is 12.0. The maximum Gasteiger partial charge on any atom is 0.307 e. The van der Waals surface area contributed by atoms with Crippen LogP contribution in [0, 0.1) is 0 Å². The zero-order valence-corrected chi connectivity index (χ0v) is 13.1. The molecule has 1 aromatic heterocycles. The third-order valence-electron chi connectivity index (χ3n) is 3.85. The molecule has 1 unspecified atom stereocenters. The largest absolute Gasteiger partial charge is 0.481 e. The fraction of sp³-hybridized carbons (Fsp3) is 0.158. The van der Waals surface area contributed by atoms with Crippen molar-refractivity contribution < 1.29 is 9.90 Å². The van der Waals surface area contributed by atoms with Crippen molar-refractivity contribution in [2.45, 2.75) is 18.9 Å². The number of carboxylic acids is 1. The van der Waals surface area contributed by atoms with Crippen LogP contribution >= 0.6 is 0 Å². The van der Waals surface area contributed by atoms with Gasteiger partial charge in [0.15, 0.2) is 0 Å². The molecule has 122 valence electrons. The number of H-pyrrole nitrogens is 1. The summed E-state index contributed by atoms with van der Waals surface area (Å²) in [6.45, 7) is 0. The first-order chi connectivity index (χ1) is 11.6. The Morgan fingerprint density at radius 1 is 1.08 bits per heavy atom. The SMILES string of the molecule is NC(Cc1ccccc1)c1nc(-c2ccc(CC(=O)O)cc2)c[nH]1. The van der Waals surface area contributed by atoms with Gasteiger partial charge in [0.05, 0.1) is 18.2 Å². The van der Waals surface area contributed by atoms with Crippen LogP contribution in [0.5, 0.6) is 0 Å². The summed E-state index contributed by atoms with van der Waals surface area (Å²) >= 11 is 0. The Morgan fingerprint density at radius 2 is 1.79 bits per heavy atom. The van der Waals surface area contributed by atoms with E-state index in [-0.39, 0.29) is 12.5 Å². The van der Waals surface area contributed by atoms with Crippen LogP contribution < -0.4 is 5.73 Å². The van der Waals surface area contributed by atoms with Gasteiger partial charge in [0, 0.05) is 11.8 Å². The van der Waals surface area contributed by atoms with E-state index in [9.17, 15) is 4.79 Å². The maximum absolute atomic E-state index is 10.7. The van der Waals surface area contributed by atoms with Crippen molar-refractivity contribution in [2.24, 2.45) is 5.73 Å². The van der Waals surface area contributed by atoms with Crippen molar-refractivity contribution in [3.63, 3.8) is 0 Å². The summed E-state index contributed by atoms with van der Waals surface area (Å²) in [5.74, 6) is -0.0971. The second-order valence-corrected chi connectivity index (χ2v) is 5.73. The Bertz CT molecular complexity index is 810. The van der Waals surface area contributed by atoms with Gasteiger partial charge >= 0.3 is 5.97 Å². The van der Waals surface area contributed by atoms with Crippen LogP contribution in [0.4, 0.5) is 0 Å². The number of carbonyl (C=O) groups is 1. The minimum absolute atomic E-state index is 0.0219. The second kappa shape index (κ2) is 7.10. The number of aromatic amines is 1. The highest BCUT2D eigenvalue weighted by Gasteiger charge is 2.12. The molecule has 0 saturated heterocycles. The number of nitrogens with two attached hydrogens (primary N) is 1. The second-order valence-electron chi connectivity index (χ2n) is 5.73. The first kappa shape index (κ1) is 16.0. The Kier molecular flexibility index (Phi) is 4.72. The fourth-order valence-corrected chi connectivity index (χ4v) is 2.61. The standard InChI is InChI=1S/C19H19N3O2/c20-16(10-13-4-2-1-3-5-13)19-21-12-17(22-19)15-8-6-14(7-9-15)11-18(23)24/h1-9,12,16H,10-11,20H2,(H,21,22)(H,23,24). The van der Waals surface area contributed by atoms with E-state index in [1.54, 1.807) is 0 Å². The summed E-state index contributed by atoms with van der Waals surface area (Å²) in [6, 6.07) is 17.2. The van der Waals surface area contributed by atoms with E-state index < -0.39 is 5.97 Å². The van der Waals surface area contributed by atoms with Crippen molar-refractivity contribution in [3.8, 4) is 11.3 Å². The summed E-state index contributed by atoms with van der Waals surface area (Å²) in [4.78, 5) is 18.4. The summed E-state index contributed by atoms with van der Waals surface area (Å²) < 4.78 is 0. The molecule has 1 heterocycles. The van der Waals surface area contributed by atoms with Gasteiger partial charge in [-0.1, -0.05) is 54.6 Å². The molecule has 4 N–H and O–H groups in total. The number of carboxylic acid groups (broad SMARTS) is 1. The highest BCUT2D eigenvalue weighted by Crippen LogP contribution is 2.21. The lowest BCUT2D eigenvalue weighted by molar-refractivity contribution is -0.136. The number of benzene rings is 2. The van der Waals surface area contributed by atoms with Crippen molar-refractivity contribution in [1.29, 1.82) is 0 Å². The van der Waals surface area contributed by atoms with Crippen LogP contribution in [-0.4, -0.2) is 21.0 Å². The molecule has 0 amide bonds. The predicted octanol–water partition coefficient (Wildman–Crippen LogP) is 2.95. The summed E-state index contributed by atoms with van der Waals surface area (Å²) in [5, 5.41) is 8.81. The lowest BCUT2D eigenvalue weighted by atomic mass is 10.1. The molecule has 24 heavy (non-hydrogen) atoms. The zero-order valence-electron chi connectivity index (χ0n) is 13.1. The molecule has 5 heteroatoms. The molecule has 2 aromatic carbocycles. The van der Waals surface area contributed by atoms with Crippen LogP contribution in [-0.2, 0) is 17.6 Å². The minimum Gasteiger partial charge on any atom is -0.481 e. The van der Waals surface area contributed by atoms with Crippen LogP contribution in [0.25, 0.3) is 11.3 Å². The first-order valence-corrected chi connectivity index (χ1v) is 7.78. The molecule has 1 atom stereocenters. The highest BCUT2D eigenvalue weighted by atomic mass is 16.4. The first-order valence-electron chi connectivity index (χ1n) is 7.78. The van der Waals surface area contributed by atoms with E-state index in [1.165, 1.54) is 5.56 Å². The molecule has 0 spiro atoms. The van der Waals surface area contributed by atoms with Crippen molar-refractivity contribution in [1.82, 2.24) is 9.97 Å². The third-order valence-corrected chi connectivity index (χ3v) is 3.85. The monoisotopic (exact) mass is 321 g/mol. The van der Waals surface area contributed by atoms with Gasteiger partial charge in [0.1, 0.15) is 5.82 Å². The molecule has 3 rings (SSSR count). The average molecular weight is 321 g/mol. The topological polar surface area (TPSA) is 92.0 Å². The van der Waals surface area contributed by atoms with Crippen LogP contribution in [0.3, 0.4) is 0 Å². The van der Waals surface area contributed by atoms with E-state index in [1.807, 2.05) is 60.8 Å². The minimum atomic E-state index is -0.836. The van der Waals surface area contributed by atoms with Gasteiger partial charge in [0.2, 0.25) is 0 Å². The van der Waals surface area contributed by atoms with Crippen LogP contribution in [0.15, 0.2) is 60.8 Å². The lowest BCUT2D eigenvalue weighted by Gasteiger charge is -2.08. The van der Waals surface area contributed by atoms with E-state index in [0.717, 1.165) is 22.6 Å². The zero-order chi connectivity index (χ0) is 16.9. The van der Waals surface area contributed by atoms with Gasteiger partial charge in [-0.05, 0) is 17.5 Å². The quantitative estimate of drug-likeness (QED) is 0.651. The number of nitrogens with zero attached hydrogens (tertiary/aromatic N) is 1. The van der Waals surface area contributed by atoms with E-state index in [2.05, 4.69) is 9.97 Å². The number of nitrogens with one attached hydrogen (secondary N) is 1.